The molecule has 0 fully saturated rings. The summed E-state index contributed by atoms with van der Waals surface area (Å²) in [5.41, 5.74) is 3.24. The molecule has 2 heterocycles. The Morgan fingerprint density at radius 1 is 1.06 bits per heavy atom. The Morgan fingerprint density at radius 3 is 2.39 bits per heavy atom. The second kappa shape index (κ2) is 10.4. The van der Waals surface area contributed by atoms with Crippen molar-refractivity contribution in [1.82, 2.24) is 14.6 Å². The molecule has 2 aromatic carbocycles. The minimum atomic E-state index is -0.511. The Kier molecular flexibility index (Phi) is 7.66. The maximum Gasteiger partial charge on any atom is 0.149 e. The summed E-state index contributed by atoms with van der Waals surface area (Å²) in [6, 6.07) is 12.4. The molecule has 0 amide bonds. The lowest BCUT2D eigenvalue weighted by molar-refractivity contribution is -0.126. The zero-order valence-corrected chi connectivity index (χ0v) is 20.0. The average molecular weight is 451 g/mol. The molecule has 174 valence electrons. The molecule has 0 saturated heterocycles. The van der Waals surface area contributed by atoms with Crippen LogP contribution in [0.4, 0.5) is 4.39 Å². The molecule has 33 heavy (non-hydrogen) atoms. The molecule has 1 aliphatic rings. The SMILES string of the molecule is CC.COc1cc(/C=C/C2=NCC(C)(c3ccc(F)cc3)N2OC)ccc1-n1cnc(C)c1. The molecule has 1 atom stereocenters. The van der Waals surface area contributed by atoms with Crippen LogP contribution in [0.1, 0.15) is 37.6 Å². The van der Waals surface area contributed by atoms with Crippen LogP contribution in [0.3, 0.4) is 0 Å². The van der Waals surface area contributed by atoms with E-state index in [1.165, 1.54) is 12.1 Å². The Morgan fingerprint density at radius 2 is 1.79 bits per heavy atom. The molecule has 1 aliphatic heterocycles. The van der Waals surface area contributed by atoms with E-state index in [4.69, 9.17) is 9.57 Å². The van der Waals surface area contributed by atoms with Crippen LogP contribution in [0.2, 0.25) is 0 Å². The summed E-state index contributed by atoms with van der Waals surface area (Å²) in [7, 11) is 3.26. The molecule has 0 saturated carbocycles. The summed E-state index contributed by atoms with van der Waals surface area (Å²) in [6.45, 7) is 8.48. The van der Waals surface area contributed by atoms with Gasteiger partial charge in [-0.05, 0) is 55.3 Å². The summed E-state index contributed by atoms with van der Waals surface area (Å²) >= 11 is 0. The van der Waals surface area contributed by atoms with E-state index in [2.05, 4.69) is 9.98 Å². The van der Waals surface area contributed by atoms with E-state index in [1.54, 1.807) is 37.7 Å². The third kappa shape index (κ3) is 4.98. The number of benzene rings is 2. The number of hydroxylamine groups is 2. The van der Waals surface area contributed by atoms with Gasteiger partial charge in [0.1, 0.15) is 22.9 Å². The van der Waals surface area contributed by atoms with Crippen molar-refractivity contribution in [3.8, 4) is 11.4 Å². The number of halogens is 1. The topological polar surface area (TPSA) is 51.9 Å². The first-order valence-corrected chi connectivity index (χ1v) is 11.0. The Hall–Kier alpha value is -3.45. The van der Waals surface area contributed by atoms with Crippen molar-refractivity contribution in [3.63, 3.8) is 0 Å². The van der Waals surface area contributed by atoms with Gasteiger partial charge < -0.3 is 9.30 Å². The van der Waals surface area contributed by atoms with Crippen molar-refractivity contribution in [2.75, 3.05) is 20.8 Å². The Balaban J connectivity index is 0.00000149. The quantitative estimate of drug-likeness (QED) is 0.493. The van der Waals surface area contributed by atoms with Crippen molar-refractivity contribution in [1.29, 1.82) is 0 Å². The van der Waals surface area contributed by atoms with Gasteiger partial charge >= 0.3 is 0 Å². The number of rotatable bonds is 6. The number of hydrogen-bond donors (Lipinski definition) is 0. The third-order valence-electron chi connectivity index (χ3n) is 5.47. The number of methoxy groups -OCH3 is 1. The molecule has 0 spiro atoms. The fourth-order valence-electron chi connectivity index (χ4n) is 3.78. The summed E-state index contributed by atoms with van der Waals surface area (Å²) in [5.74, 6) is 1.17. The van der Waals surface area contributed by atoms with E-state index in [-0.39, 0.29) is 5.82 Å². The zero-order chi connectivity index (χ0) is 24.0. The van der Waals surface area contributed by atoms with E-state index in [1.807, 2.05) is 68.8 Å². The number of amidine groups is 1. The predicted molar refractivity (Wildman–Crippen MR) is 130 cm³/mol. The van der Waals surface area contributed by atoms with Crippen molar-refractivity contribution in [2.24, 2.45) is 4.99 Å². The van der Waals surface area contributed by atoms with Crippen molar-refractivity contribution in [2.45, 2.75) is 33.2 Å². The van der Waals surface area contributed by atoms with Gasteiger partial charge in [0.05, 0.1) is 38.5 Å². The first-order chi connectivity index (χ1) is 15.9. The number of imidazole rings is 1. The molecule has 0 bridgehead atoms. The van der Waals surface area contributed by atoms with Crippen LogP contribution in [0.15, 0.2) is 66.1 Å². The van der Waals surface area contributed by atoms with Crippen LogP contribution >= 0.6 is 0 Å². The smallest absolute Gasteiger partial charge is 0.149 e. The lowest BCUT2D eigenvalue weighted by Gasteiger charge is -2.34. The summed E-state index contributed by atoms with van der Waals surface area (Å²) in [4.78, 5) is 14.6. The normalized spacial score (nSPS) is 17.7. The number of aliphatic imine (C=N–C) groups is 1. The van der Waals surface area contributed by atoms with E-state index >= 15 is 0 Å². The maximum atomic E-state index is 13.4. The molecule has 0 aliphatic carbocycles. The van der Waals surface area contributed by atoms with Crippen LogP contribution < -0.4 is 4.74 Å². The molecule has 4 rings (SSSR count). The lowest BCUT2D eigenvalue weighted by Crippen LogP contribution is -2.43. The van der Waals surface area contributed by atoms with Gasteiger partial charge in [0.15, 0.2) is 0 Å². The van der Waals surface area contributed by atoms with Crippen LogP contribution in [-0.2, 0) is 10.4 Å². The summed E-state index contributed by atoms with van der Waals surface area (Å²) < 4.78 is 20.9. The standard InChI is InChI=1S/C24H25FN4O2.C2H6/c1-17-14-28(16-27-17)21-11-5-18(13-22(21)30-3)6-12-23-26-15-24(2,29(23)31-4)19-7-9-20(25)10-8-19;1-2/h5-14,16H,15H2,1-4H3;1-2H3/b12-6+;. The highest BCUT2D eigenvalue weighted by atomic mass is 19.1. The average Bonchev–Trinajstić information content (AvgIpc) is 3.42. The number of ether oxygens (including phenoxy) is 1. The number of hydrogen-bond acceptors (Lipinski definition) is 5. The molecule has 0 radical (unpaired) electrons. The number of aryl methyl sites for hydroxylation is 1. The van der Waals surface area contributed by atoms with Crippen molar-refractivity contribution >= 4 is 11.9 Å². The zero-order valence-electron chi connectivity index (χ0n) is 20.0. The van der Waals surface area contributed by atoms with E-state index < -0.39 is 5.54 Å². The van der Waals surface area contributed by atoms with Crippen LogP contribution in [0, 0.1) is 12.7 Å². The number of nitrogens with zero attached hydrogens (tertiary/aromatic N) is 4. The van der Waals surface area contributed by atoms with Gasteiger partial charge in [-0.1, -0.05) is 38.1 Å². The maximum absolute atomic E-state index is 13.4. The monoisotopic (exact) mass is 450 g/mol. The molecule has 1 aromatic heterocycles. The number of aromatic nitrogens is 2. The van der Waals surface area contributed by atoms with E-state index in [0.717, 1.165) is 28.3 Å². The molecular weight excluding hydrogens is 419 g/mol. The summed E-state index contributed by atoms with van der Waals surface area (Å²) in [5, 5.41) is 1.76. The molecule has 1 unspecified atom stereocenters. The van der Waals surface area contributed by atoms with E-state index in [9.17, 15) is 4.39 Å². The fourth-order valence-corrected chi connectivity index (χ4v) is 3.78. The van der Waals surface area contributed by atoms with E-state index in [0.29, 0.717) is 12.4 Å². The van der Waals surface area contributed by atoms with Crippen molar-refractivity contribution in [3.05, 3.63) is 83.7 Å². The highest BCUT2D eigenvalue weighted by Crippen LogP contribution is 2.34. The largest absolute Gasteiger partial charge is 0.495 e. The van der Waals surface area contributed by atoms with Gasteiger partial charge in [-0.2, -0.15) is 0 Å². The van der Waals surface area contributed by atoms with Gasteiger partial charge in [-0.3, -0.25) is 9.83 Å². The Labute approximate surface area is 195 Å². The minimum Gasteiger partial charge on any atom is -0.495 e. The first-order valence-electron chi connectivity index (χ1n) is 11.0. The lowest BCUT2D eigenvalue weighted by atomic mass is 9.92. The van der Waals surface area contributed by atoms with Gasteiger partial charge in [0.2, 0.25) is 0 Å². The van der Waals surface area contributed by atoms with Gasteiger partial charge in [0, 0.05) is 6.20 Å². The van der Waals surface area contributed by atoms with Gasteiger partial charge in [0.25, 0.3) is 0 Å². The summed E-state index contributed by atoms with van der Waals surface area (Å²) in [6.07, 6.45) is 7.59. The second-order valence-electron chi connectivity index (χ2n) is 7.62. The molecule has 6 nitrogen and oxygen atoms in total. The highest BCUT2D eigenvalue weighted by Gasteiger charge is 2.40. The third-order valence-corrected chi connectivity index (χ3v) is 5.47. The van der Waals surface area contributed by atoms with Crippen molar-refractivity contribution < 1.29 is 14.0 Å². The first kappa shape index (κ1) is 24.2. The molecule has 3 aromatic rings. The molecule has 0 N–H and O–H groups in total. The predicted octanol–water partition coefficient (Wildman–Crippen LogP) is 5.56. The van der Waals surface area contributed by atoms with Gasteiger partial charge in [-0.25, -0.2) is 14.4 Å². The highest BCUT2D eigenvalue weighted by molar-refractivity contribution is 5.97. The van der Waals surface area contributed by atoms with Crippen LogP contribution in [0.5, 0.6) is 5.75 Å². The van der Waals surface area contributed by atoms with Crippen LogP contribution in [0.25, 0.3) is 11.8 Å². The van der Waals surface area contributed by atoms with Crippen LogP contribution in [-0.4, -0.2) is 41.2 Å². The fraction of sp³-hybridized carbons (Fsp3) is 0.308. The molecular formula is C26H31FN4O2. The Bertz CT molecular complexity index is 1140. The molecule has 7 heteroatoms. The second-order valence-corrected chi connectivity index (χ2v) is 7.62. The van der Waals surface area contributed by atoms with Gasteiger partial charge in [-0.15, -0.1) is 0 Å². The minimum absolute atomic E-state index is 0.265.